The first-order chi connectivity index (χ1) is 11.2. The molecule has 0 spiro atoms. The number of thioether (sulfide) groups is 1. The Labute approximate surface area is 140 Å². The van der Waals surface area contributed by atoms with E-state index in [2.05, 4.69) is 12.1 Å². The van der Waals surface area contributed by atoms with Crippen LogP contribution in [0, 0.1) is 0 Å². The maximum Gasteiger partial charge on any atom is 0.163 e. The molecular weight excluding hydrogens is 308 g/mol. The number of methoxy groups -OCH3 is 2. The molecule has 0 aliphatic carbocycles. The summed E-state index contributed by atoms with van der Waals surface area (Å²) in [6, 6.07) is 13.9. The molecule has 1 heterocycles. The van der Waals surface area contributed by atoms with Gasteiger partial charge in [-0.05, 0) is 11.8 Å². The van der Waals surface area contributed by atoms with Crippen molar-refractivity contribution in [1.82, 2.24) is 0 Å². The monoisotopic (exact) mass is 326 g/mol. The van der Waals surface area contributed by atoms with Crippen molar-refractivity contribution in [3.63, 3.8) is 0 Å². The molecule has 0 saturated carbocycles. The molecule has 2 aromatic rings. The van der Waals surface area contributed by atoms with E-state index in [-0.39, 0.29) is 0 Å². The summed E-state index contributed by atoms with van der Waals surface area (Å²) in [5, 5.41) is 1.03. The molecule has 1 aliphatic rings. The summed E-state index contributed by atoms with van der Waals surface area (Å²) < 4.78 is 10.8. The Kier molecular flexibility index (Phi) is 4.67. The zero-order valence-corrected chi connectivity index (χ0v) is 14.2. The SMILES string of the molecule is COc1cc2c(cc1OC)N=C(c1ccccc1)CC(SC)=N2. The zero-order chi connectivity index (χ0) is 16.2. The molecule has 0 fully saturated rings. The van der Waals surface area contributed by atoms with Crippen molar-refractivity contribution in [2.75, 3.05) is 20.5 Å². The first-order valence-corrected chi connectivity index (χ1v) is 8.48. The molecule has 0 aromatic heterocycles. The number of benzene rings is 2. The van der Waals surface area contributed by atoms with Gasteiger partial charge < -0.3 is 9.47 Å². The number of hydrogen-bond donors (Lipinski definition) is 0. The molecule has 23 heavy (non-hydrogen) atoms. The van der Waals surface area contributed by atoms with Gasteiger partial charge in [0.2, 0.25) is 0 Å². The van der Waals surface area contributed by atoms with Crippen molar-refractivity contribution >= 4 is 33.9 Å². The highest BCUT2D eigenvalue weighted by Gasteiger charge is 2.17. The fraction of sp³-hybridized carbons (Fsp3) is 0.222. The smallest absolute Gasteiger partial charge is 0.163 e. The van der Waals surface area contributed by atoms with Crippen molar-refractivity contribution in [1.29, 1.82) is 0 Å². The van der Waals surface area contributed by atoms with Crippen LogP contribution in [0.1, 0.15) is 12.0 Å². The molecular formula is C18H18N2O2S. The second-order valence-electron chi connectivity index (χ2n) is 5.01. The van der Waals surface area contributed by atoms with Crippen LogP contribution in [0.4, 0.5) is 11.4 Å². The Morgan fingerprint density at radius 2 is 1.52 bits per heavy atom. The van der Waals surface area contributed by atoms with Gasteiger partial charge in [-0.3, -0.25) is 0 Å². The van der Waals surface area contributed by atoms with Gasteiger partial charge in [0.1, 0.15) is 0 Å². The average Bonchev–Trinajstić information content (AvgIpc) is 2.79. The lowest BCUT2D eigenvalue weighted by molar-refractivity contribution is 0.355. The Balaban J connectivity index is 2.17. The van der Waals surface area contributed by atoms with E-state index in [9.17, 15) is 0 Å². The molecule has 118 valence electrons. The molecule has 0 atom stereocenters. The number of nitrogens with zero attached hydrogens (tertiary/aromatic N) is 2. The minimum Gasteiger partial charge on any atom is -0.493 e. The van der Waals surface area contributed by atoms with Gasteiger partial charge in [0.05, 0.1) is 36.3 Å². The summed E-state index contributed by atoms with van der Waals surface area (Å²) in [6.07, 6.45) is 2.75. The summed E-state index contributed by atoms with van der Waals surface area (Å²) in [6.45, 7) is 0. The summed E-state index contributed by atoms with van der Waals surface area (Å²) in [5.74, 6) is 1.32. The van der Waals surface area contributed by atoms with E-state index in [1.807, 2.05) is 36.6 Å². The minimum atomic E-state index is 0.658. The normalized spacial score (nSPS) is 13.5. The predicted molar refractivity (Wildman–Crippen MR) is 97.4 cm³/mol. The van der Waals surface area contributed by atoms with Crippen LogP contribution in [-0.4, -0.2) is 31.2 Å². The Bertz CT molecular complexity index is 770. The number of fused-ring (bicyclic) bond motifs is 1. The van der Waals surface area contributed by atoms with Crippen LogP contribution in [0.25, 0.3) is 0 Å². The molecule has 0 N–H and O–H groups in total. The molecule has 3 rings (SSSR count). The highest BCUT2D eigenvalue weighted by Crippen LogP contribution is 2.41. The standard InChI is InChI=1S/C18H18N2O2S/c1-21-16-9-14-15(10-17(16)22-2)20-18(23-3)11-13(19-14)12-7-5-4-6-8-12/h4-10H,11H2,1-3H3. The fourth-order valence-corrected chi connectivity index (χ4v) is 2.92. The second-order valence-corrected chi connectivity index (χ2v) is 5.89. The van der Waals surface area contributed by atoms with Gasteiger partial charge in [0, 0.05) is 18.6 Å². The first-order valence-electron chi connectivity index (χ1n) is 7.25. The Morgan fingerprint density at radius 3 is 2.09 bits per heavy atom. The third-order valence-corrected chi connectivity index (χ3v) is 4.35. The van der Waals surface area contributed by atoms with E-state index >= 15 is 0 Å². The molecule has 0 saturated heterocycles. The molecule has 0 radical (unpaired) electrons. The molecule has 0 amide bonds. The fourth-order valence-electron chi connectivity index (χ4n) is 2.45. The van der Waals surface area contributed by atoms with E-state index < -0.39 is 0 Å². The maximum absolute atomic E-state index is 5.39. The number of aliphatic imine (C=N–C) groups is 2. The van der Waals surface area contributed by atoms with Crippen molar-refractivity contribution < 1.29 is 9.47 Å². The van der Waals surface area contributed by atoms with Gasteiger partial charge in [-0.25, -0.2) is 9.98 Å². The quantitative estimate of drug-likeness (QED) is 0.826. The molecule has 1 aliphatic heterocycles. The number of rotatable bonds is 3. The lowest BCUT2D eigenvalue weighted by atomic mass is 10.1. The van der Waals surface area contributed by atoms with Gasteiger partial charge in [0.25, 0.3) is 0 Å². The summed E-state index contributed by atoms with van der Waals surface area (Å²) in [4.78, 5) is 9.59. The maximum atomic E-state index is 5.39. The third-order valence-electron chi connectivity index (χ3n) is 3.64. The van der Waals surface area contributed by atoms with Crippen molar-refractivity contribution in [2.24, 2.45) is 9.98 Å². The second kappa shape index (κ2) is 6.87. The van der Waals surface area contributed by atoms with Crippen LogP contribution in [-0.2, 0) is 0 Å². The lowest BCUT2D eigenvalue weighted by Crippen LogP contribution is -2.05. The molecule has 5 heteroatoms. The average molecular weight is 326 g/mol. The van der Waals surface area contributed by atoms with Crippen LogP contribution < -0.4 is 9.47 Å². The largest absolute Gasteiger partial charge is 0.493 e. The third kappa shape index (κ3) is 3.24. The van der Waals surface area contributed by atoms with Crippen LogP contribution in [0.2, 0.25) is 0 Å². The van der Waals surface area contributed by atoms with Gasteiger partial charge >= 0.3 is 0 Å². The van der Waals surface area contributed by atoms with Gasteiger partial charge in [0.15, 0.2) is 11.5 Å². The minimum absolute atomic E-state index is 0.658. The molecule has 0 unspecified atom stereocenters. The van der Waals surface area contributed by atoms with Crippen LogP contribution in [0.3, 0.4) is 0 Å². The number of ether oxygens (including phenoxy) is 2. The van der Waals surface area contributed by atoms with Gasteiger partial charge in [-0.1, -0.05) is 30.3 Å². The summed E-state index contributed by atoms with van der Waals surface area (Å²) >= 11 is 1.64. The van der Waals surface area contributed by atoms with E-state index in [0.717, 1.165) is 27.7 Å². The highest BCUT2D eigenvalue weighted by molar-refractivity contribution is 8.13. The molecule has 2 aromatic carbocycles. The van der Waals surface area contributed by atoms with E-state index in [0.29, 0.717) is 17.9 Å². The van der Waals surface area contributed by atoms with Crippen molar-refractivity contribution in [3.05, 3.63) is 48.0 Å². The summed E-state index contributed by atoms with van der Waals surface area (Å²) in [7, 11) is 3.25. The summed E-state index contributed by atoms with van der Waals surface area (Å²) in [5.41, 5.74) is 3.71. The lowest BCUT2D eigenvalue weighted by Gasteiger charge is -2.10. The van der Waals surface area contributed by atoms with E-state index in [1.54, 1.807) is 26.0 Å². The van der Waals surface area contributed by atoms with Gasteiger partial charge in [-0.2, -0.15) is 0 Å². The predicted octanol–water partition coefficient (Wildman–Crippen LogP) is 4.62. The van der Waals surface area contributed by atoms with E-state index in [4.69, 9.17) is 19.5 Å². The first kappa shape index (κ1) is 15.6. The number of hydrogen-bond acceptors (Lipinski definition) is 5. The molecule has 0 bridgehead atoms. The highest BCUT2D eigenvalue weighted by atomic mass is 32.2. The van der Waals surface area contributed by atoms with E-state index in [1.165, 1.54) is 0 Å². The van der Waals surface area contributed by atoms with Crippen molar-refractivity contribution in [3.8, 4) is 11.5 Å². The zero-order valence-electron chi connectivity index (χ0n) is 13.4. The van der Waals surface area contributed by atoms with Crippen LogP contribution in [0.5, 0.6) is 11.5 Å². The topological polar surface area (TPSA) is 43.2 Å². The van der Waals surface area contributed by atoms with Crippen LogP contribution >= 0.6 is 11.8 Å². The Morgan fingerprint density at radius 1 is 0.913 bits per heavy atom. The Hall–Kier alpha value is -2.27. The van der Waals surface area contributed by atoms with Gasteiger partial charge in [-0.15, -0.1) is 11.8 Å². The molecule has 4 nitrogen and oxygen atoms in total. The van der Waals surface area contributed by atoms with Crippen LogP contribution in [0.15, 0.2) is 52.4 Å². The van der Waals surface area contributed by atoms with Crippen molar-refractivity contribution in [2.45, 2.75) is 6.42 Å².